The molecule has 1 nitrogen and oxygen atoms in total. The van der Waals surface area contributed by atoms with E-state index in [4.69, 9.17) is 4.98 Å². The number of aromatic nitrogens is 1. The molecular weight excluding hydrogens is 651 g/mol. The van der Waals surface area contributed by atoms with Crippen molar-refractivity contribution >= 4 is 64.6 Å². The van der Waals surface area contributed by atoms with E-state index in [1.807, 2.05) is 6.20 Å². The van der Waals surface area contributed by atoms with Crippen LogP contribution in [0, 0.1) is 0 Å². The van der Waals surface area contributed by atoms with Crippen molar-refractivity contribution < 1.29 is 0 Å². The number of pyridine rings is 1. The van der Waals surface area contributed by atoms with Crippen LogP contribution in [0.3, 0.4) is 0 Å². The SMILES string of the molecule is c1ccc2cc(-c3ccc(-c4c5ccccc5c(-c5ccc(-c6ccc7ccccc7c6)c6ccccc56)c5cnccc45)c4ccccc34)ccc2c1. The Bertz CT molecular complexity index is 3000. The van der Waals surface area contributed by atoms with Gasteiger partial charge in [-0.1, -0.05) is 170 Å². The second-order valence-corrected chi connectivity index (χ2v) is 14.3. The fraction of sp³-hybridized carbons (Fsp3) is 0. The maximum absolute atomic E-state index is 4.76. The van der Waals surface area contributed by atoms with E-state index in [1.54, 1.807) is 0 Å². The van der Waals surface area contributed by atoms with Gasteiger partial charge in [0.25, 0.3) is 0 Å². The largest absolute Gasteiger partial charge is 0.264 e. The normalized spacial score (nSPS) is 11.7. The summed E-state index contributed by atoms with van der Waals surface area (Å²) >= 11 is 0. The number of fused-ring (bicyclic) bond motifs is 6. The number of benzene rings is 10. The molecule has 0 amide bonds. The van der Waals surface area contributed by atoms with E-state index in [0.717, 1.165) is 5.39 Å². The second-order valence-electron chi connectivity index (χ2n) is 14.3. The highest BCUT2D eigenvalue weighted by atomic mass is 14.6. The zero-order valence-corrected chi connectivity index (χ0v) is 29.5. The van der Waals surface area contributed by atoms with Crippen molar-refractivity contribution in [1.29, 1.82) is 0 Å². The van der Waals surface area contributed by atoms with Crippen LogP contribution >= 0.6 is 0 Å². The van der Waals surface area contributed by atoms with Crippen molar-refractivity contribution in [2.24, 2.45) is 0 Å². The summed E-state index contributed by atoms with van der Waals surface area (Å²) in [5, 5.41) is 14.8. The molecule has 0 aliphatic heterocycles. The van der Waals surface area contributed by atoms with Crippen molar-refractivity contribution in [2.45, 2.75) is 0 Å². The standard InChI is InChI=1S/C53H33N/c1-3-13-36-31-38(23-21-34(36)11-1)40-25-27-48(44-17-7-5-15-42(40)44)52-46-19-9-10-20-47(46)53(51-33-54-30-29-50(51)52)49-28-26-41(43-16-6-8-18-45(43)49)39-24-22-35-12-2-4-14-37(35)32-39/h1-33H. The van der Waals surface area contributed by atoms with Gasteiger partial charge in [-0.2, -0.15) is 0 Å². The van der Waals surface area contributed by atoms with Crippen LogP contribution in [-0.2, 0) is 0 Å². The van der Waals surface area contributed by atoms with E-state index in [1.165, 1.54) is 104 Å². The second kappa shape index (κ2) is 12.3. The van der Waals surface area contributed by atoms with Crippen LogP contribution in [-0.4, -0.2) is 4.98 Å². The molecule has 0 unspecified atom stereocenters. The lowest BCUT2D eigenvalue weighted by Gasteiger charge is -2.21. The van der Waals surface area contributed by atoms with Crippen LogP contribution in [0.25, 0.3) is 109 Å². The van der Waals surface area contributed by atoms with Crippen LogP contribution < -0.4 is 0 Å². The fourth-order valence-electron chi connectivity index (χ4n) is 8.85. The Morgan fingerprint density at radius 3 is 1.13 bits per heavy atom. The van der Waals surface area contributed by atoms with E-state index in [2.05, 4.69) is 194 Å². The third-order valence-electron chi connectivity index (χ3n) is 11.3. The van der Waals surface area contributed by atoms with Crippen LogP contribution in [0.5, 0.6) is 0 Å². The van der Waals surface area contributed by atoms with Crippen molar-refractivity contribution in [2.75, 3.05) is 0 Å². The predicted molar refractivity (Wildman–Crippen MR) is 231 cm³/mol. The number of rotatable bonds is 4. The molecule has 0 aliphatic carbocycles. The van der Waals surface area contributed by atoms with Gasteiger partial charge in [-0.15, -0.1) is 0 Å². The van der Waals surface area contributed by atoms with Crippen LogP contribution in [0.4, 0.5) is 0 Å². The third-order valence-corrected chi connectivity index (χ3v) is 11.3. The maximum Gasteiger partial charge on any atom is 0.0353 e. The number of hydrogen-bond acceptors (Lipinski definition) is 1. The molecule has 250 valence electrons. The minimum absolute atomic E-state index is 1.15. The Balaban J connectivity index is 1.16. The zero-order chi connectivity index (χ0) is 35.6. The van der Waals surface area contributed by atoms with Crippen LogP contribution in [0.1, 0.15) is 0 Å². The molecule has 10 aromatic carbocycles. The molecule has 0 saturated carbocycles. The molecule has 11 aromatic rings. The Morgan fingerprint density at radius 2 is 0.630 bits per heavy atom. The van der Waals surface area contributed by atoms with Gasteiger partial charge in [0.15, 0.2) is 0 Å². The first-order chi connectivity index (χ1) is 26.8. The highest BCUT2D eigenvalue weighted by Gasteiger charge is 2.21. The van der Waals surface area contributed by atoms with Gasteiger partial charge >= 0.3 is 0 Å². The van der Waals surface area contributed by atoms with Gasteiger partial charge < -0.3 is 0 Å². The average Bonchev–Trinajstić information content (AvgIpc) is 3.24. The highest BCUT2D eigenvalue weighted by Crippen LogP contribution is 2.48. The summed E-state index contributed by atoms with van der Waals surface area (Å²) in [7, 11) is 0. The van der Waals surface area contributed by atoms with Crippen molar-refractivity contribution in [3.05, 3.63) is 200 Å². The van der Waals surface area contributed by atoms with Crippen molar-refractivity contribution in [1.82, 2.24) is 4.98 Å². The lowest BCUT2D eigenvalue weighted by molar-refractivity contribution is 1.37. The lowest BCUT2D eigenvalue weighted by Crippen LogP contribution is -1.94. The molecule has 0 atom stereocenters. The van der Waals surface area contributed by atoms with E-state index in [0.29, 0.717) is 0 Å². The topological polar surface area (TPSA) is 12.9 Å². The zero-order valence-electron chi connectivity index (χ0n) is 29.5. The molecule has 0 bridgehead atoms. The Hall–Kier alpha value is -7.09. The van der Waals surface area contributed by atoms with E-state index in [-0.39, 0.29) is 0 Å². The summed E-state index contributed by atoms with van der Waals surface area (Å²) in [5.74, 6) is 0. The molecular formula is C53H33N. The monoisotopic (exact) mass is 683 g/mol. The van der Waals surface area contributed by atoms with Gasteiger partial charge in [-0.25, -0.2) is 0 Å². The van der Waals surface area contributed by atoms with E-state index in [9.17, 15) is 0 Å². The Labute approximate surface area is 313 Å². The summed E-state index contributed by atoms with van der Waals surface area (Å²) in [6.45, 7) is 0. The third kappa shape index (κ3) is 4.76. The molecule has 0 N–H and O–H groups in total. The first-order valence-electron chi connectivity index (χ1n) is 18.6. The quantitative estimate of drug-likeness (QED) is 0.168. The highest BCUT2D eigenvalue weighted by molar-refractivity contribution is 6.26. The molecule has 11 rings (SSSR count). The average molecular weight is 684 g/mol. The minimum atomic E-state index is 1.15. The summed E-state index contributed by atoms with van der Waals surface area (Å²) in [4.78, 5) is 4.76. The molecule has 0 spiro atoms. The molecule has 1 heteroatoms. The Morgan fingerprint density at radius 1 is 0.259 bits per heavy atom. The molecule has 0 aliphatic rings. The van der Waals surface area contributed by atoms with Crippen LogP contribution in [0.15, 0.2) is 200 Å². The molecule has 0 radical (unpaired) electrons. The first kappa shape index (κ1) is 30.5. The van der Waals surface area contributed by atoms with Gasteiger partial charge in [0.05, 0.1) is 0 Å². The fourth-order valence-corrected chi connectivity index (χ4v) is 8.85. The van der Waals surface area contributed by atoms with Gasteiger partial charge in [-0.3, -0.25) is 4.98 Å². The van der Waals surface area contributed by atoms with Crippen molar-refractivity contribution in [3.8, 4) is 44.5 Å². The van der Waals surface area contributed by atoms with Gasteiger partial charge in [0, 0.05) is 17.8 Å². The first-order valence-corrected chi connectivity index (χ1v) is 18.6. The molecule has 0 saturated heterocycles. The van der Waals surface area contributed by atoms with Gasteiger partial charge in [-0.05, 0) is 122 Å². The van der Waals surface area contributed by atoms with Crippen LogP contribution in [0.2, 0.25) is 0 Å². The smallest absolute Gasteiger partial charge is 0.0353 e. The molecule has 54 heavy (non-hydrogen) atoms. The van der Waals surface area contributed by atoms with E-state index < -0.39 is 0 Å². The molecule has 1 aromatic heterocycles. The molecule has 0 fully saturated rings. The number of nitrogens with zero attached hydrogens (tertiary/aromatic N) is 1. The van der Waals surface area contributed by atoms with E-state index >= 15 is 0 Å². The molecule has 1 heterocycles. The van der Waals surface area contributed by atoms with Crippen molar-refractivity contribution in [3.63, 3.8) is 0 Å². The minimum Gasteiger partial charge on any atom is -0.264 e. The summed E-state index contributed by atoms with van der Waals surface area (Å²) in [5.41, 5.74) is 9.83. The lowest BCUT2D eigenvalue weighted by atomic mass is 9.83. The maximum atomic E-state index is 4.76. The predicted octanol–water partition coefficient (Wildman–Crippen LogP) is 14.7. The Kier molecular flexibility index (Phi) is 6.93. The number of hydrogen-bond donors (Lipinski definition) is 0. The van der Waals surface area contributed by atoms with Gasteiger partial charge in [0.2, 0.25) is 0 Å². The summed E-state index contributed by atoms with van der Waals surface area (Å²) in [6.07, 6.45) is 4.01. The van der Waals surface area contributed by atoms with Gasteiger partial charge in [0.1, 0.15) is 0 Å². The summed E-state index contributed by atoms with van der Waals surface area (Å²) in [6, 6.07) is 69.0. The summed E-state index contributed by atoms with van der Waals surface area (Å²) < 4.78 is 0.